The van der Waals surface area contributed by atoms with E-state index < -0.39 is 17.8 Å². The predicted octanol–water partition coefficient (Wildman–Crippen LogP) is 5.11. The number of amides is 3. The second-order valence-corrected chi connectivity index (χ2v) is 8.54. The van der Waals surface area contributed by atoms with Gasteiger partial charge in [-0.3, -0.25) is 9.69 Å². The lowest BCUT2D eigenvalue weighted by molar-refractivity contribution is -0.123. The molecule has 33 heavy (non-hydrogen) atoms. The van der Waals surface area contributed by atoms with Crippen molar-refractivity contribution in [2.24, 2.45) is 0 Å². The number of imide groups is 1. The van der Waals surface area contributed by atoms with E-state index in [0.717, 1.165) is 14.0 Å². The van der Waals surface area contributed by atoms with Gasteiger partial charge in [0.15, 0.2) is 11.5 Å². The minimum atomic E-state index is -0.598. The van der Waals surface area contributed by atoms with Crippen molar-refractivity contribution < 1.29 is 23.5 Å². The summed E-state index contributed by atoms with van der Waals surface area (Å²) in [5.74, 6) is 0.0540. The van der Waals surface area contributed by atoms with Crippen LogP contribution in [0, 0.1) is 9.39 Å². The van der Waals surface area contributed by atoms with Crippen LogP contribution in [0.3, 0.4) is 0 Å². The molecule has 1 saturated heterocycles. The third-order valence-corrected chi connectivity index (χ3v) is 5.77. The Hall–Kier alpha value is -3.40. The first-order chi connectivity index (χ1) is 15.9. The number of ether oxygens (including phenoxy) is 2. The molecule has 3 aromatic rings. The normalized spacial score (nSPS) is 14.5. The molecular formula is C25H20FIN2O4. The van der Waals surface area contributed by atoms with Crippen LogP contribution < -0.4 is 14.8 Å². The van der Waals surface area contributed by atoms with Gasteiger partial charge in [0, 0.05) is 9.13 Å². The summed E-state index contributed by atoms with van der Waals surface area (Å²) in [7, 11) is 1.53. The maximum atomic E-state index is 13.9. The quantitative estimate of drug-likeness (QED) is 0.249. The van der Waals surface area contributed by atoms with Crippen molar-refractivity contribution in [3.63, 3.8) is 0 Å². The minimum absolute atomic E-state index is 0.103. The molecule has 1 aliphatic rings. The SMILES string of the molecule is COc1cc(/C=C2/NC(=O)N(Cc3ccccc3F)C2=O)ccc1OCc1ccc(I)cc1. The van der Waals surface area contributed by atoms with E-state index in [1.165, 1.54) is 19.2 Å². The Bertz CT molecular complexity index is 1230. The maximum absolute atomic E-state index is 13.9. The summed E-state index contributed by atoms with van der Waals surface area (Å²) in [6, 6.07) is 18.7. The standard InChI is InChI=1S/C25H20FIN2O4/c1-32-23-13-17(8-11-22(23)33-15-16-6-9-19(27)10-7-16)12-21-24(30)29(25(31)28-21)14-18-4-2-3-5-20(18)26/h2-13H,14-15H2,1H3,(H,28,31)/b21-12+. The average Bonchev–Trinajstić information content (AvgIpc) is 3.07. The zero-order valence-corrected chi connectivity index (χ0v) is 19.8. The number of rotatable bonds is 7. The van der Waals surface area contributed by atoms with E-state index in [1.807, 2.05) is 24.3 Å². The number of halogens is 2. The molecule has 0 spiro atoms. The molecule has 0 unspecified atom stereocenters. The molecule has 0 radical (unpaired) electrons. The van der Waals surface area contributed by atoms with Gasteiger partial charge in [-0.15, -0.1) is 0 Å². The van der Waals surface area contributed by atoms with Gasteiger partial charge in [-0.25, -0.2) is 9.18 Å². The Kier molecular flexibility index (Phi) is 6.93. The second kappa shape index (κ2) is 10.0. The minimum Gasteiger partial charge on any atom is -0.493 e. The van der Waals surface area contributed by atoms with Gasteiger partial charge < -0.3 is 14.8 Å². The highest BCUT2D eigenvalue weighted by Gasteiger charge is 2.34. The summed E-state index contributed by atoms with van der Waals surface area (Å²) < 4.78 is 26.4. The summed E-state index contributed by atoms with van der Waals surface area (Å²) >= 11 is 2.25. The topological polar surface area (TPSA) is 67.9 Å². The molecule has 1 heterocycles. The monoisotopic (exact) mass is 558 g/mol. The molecule has 1 N–H and O–H groups in total. The number of nitrogens with one attached hydrogen (secondary N) is 1. The van der Waals surface area contributed by atoms with Crippen molar-refractivity contribution in [2.45, 2.75) is 13.2 Å². The molecule has 0 aromatic heterocycles. The highest BCUT2D eigenvalue weighted by atomic mass is 127. The Morgan fingerprint density at radius 3 is 2.52 bits per heavy atom. The van der Waals surface area contributed by atoms with Gasteiger partial charge in [-0.2, -0.15) is 0 Å². The van der Waals surface area contributed by atoms with E-state index in [-0.39, 0.29) is 17.8 Å². The van der Waals surface area contributed by atoms with Crippen molar-refractivity contribution in [1.82, 2.24) is 10.2 Å². The van der Waals surface area contributed by atoms with Gasteiger partial charge in [-0.1, -0.05) is 36.4 Å². The zero-order valence-electron chi connectivity index (χ0n) is 17.7. The van der Waals surface area contributed by atoms with E-state index in [2.05, 4.69) is 27.9 Å². The number of methoxy groups -OCH3 is 1. The molecule has 1 aliphatic heterocycles. The molecule has 0 atom stereocenters. The lowest BCUT2D eigenvalue weighted by Crippen LogP contribution is -2.30. The molecule has 6 nitrogen and oxygen atoms in total. The fourth-order valence-electron chi connectivity index (χ4n) is 3.31. The van der Waals surface area contributed by atoms with Crippen LogP contribution in [0.1, 0.15) is 16.7 Å². The lowest BCUT2D eigenvalue weighted by atomic mass is 10.1. The van der Waals surface area contributed by atoms with Crippen LogP contribution in [-0.4, -0.2) is 23.9 Å². The smallest absolute Gasteiger partial charge is 0.329 e. The molecule has 0 aliphatic carbocycles. The van der Waals surface area contributed by atoms with E-state index >= 15 is 0 Å². The Morgan fingerprint density at radius 1 is 1.03 bits per heavy atom. The van der Waals surface area contributed by atoms with Gasteiger partial charge in [0.1, 0.15) is 18.1 Å². The van der Waals surface area contributed by atoms with Crippen molar-refractivity contribution in [1.29, 1.82) is 0 Å². The lowest BCUT2D eigenvalue weighted by Gasteiger charge is -2.12. The number of carbonyl (C=O) groups excluding carboxylic acids is 2. The van der Waals surface area contributed by atoms with Crippen molar-refractivity contribution in [3.05, 3.63) is 98.5 Å². The fraction of sp³-hybridized carbons (Fsp3) is 0.120. The van der Waals surface area contributed by atoms with Gasteiger partial charge in [0.05, 0.1) is 13.7 Å². The Labute approximate surface area is 204 Å². The molecule has 8 heteroatoms. The molecule has 3 aromatic carbocycles. The number of urea groups is 1. The maximum Gasteiger partial charge on any atom is 0.329 e. The molecular weight excluding hydrogens is 538 g/mol. The molecule has 3 amide bonds. The van der Waals surface area contributed by atoms with Gasteiger partial charge in [0.2, 0.25) is 0 Å². The first kappa shape index (κ1) is 22.8. The summed E-state index contributed by atoms with van der Waals surface area (Å²) in [5.41, 5.74) is 2.03. The largest absolute Gasteiger partial charge is 0.493 e. The first-order valence-electron chi connectivity index (χ1n) is 10.1. The van der Waals surface area contributed by atoms with Crippen LogP contribution >= 0.6 is 22.6 Å². The molecule has 0 saturated carbocycles. The van der Waals surface area contributed by atoms with Gasteiger partial charge in [0.25, 0.3) is 5.91 Å². The predicted molar refractivity (Wildman–Crippen MR) is 130 cm³/mol. The van der Waals surface area contributed by atoms with E-state index in [4.69, 9.17) is 9.47 Å². The van der Waals surface area contributed by atoms with Crippen molar-refractivity contribution in [3.8, 4) is 11.5 Å². The van der Waals surface area contributed by atoms with Gasteiger partial charge in [-0.05, 0) is 70.1 Å². The molecule has 1 fully saturated rings. The van der Waals surface area contributed by atoms with Crippen LogP contribution in [0.4, 0.5) is 9.18 Å². The van der Waals surface area contributed by atoms with Crippen molar-refractivity contribution >= 4 is 40.6 Å². The zero-order chi connectivity index (χ0) is 23.4. The van der Waals surface area contributed by atoms with Crippen LogP contribution in [0.2, 0.25) is 0 Å². The third kappa shape index (κ3) is 5.33. The number of nitrogens with zero attached hydrogens (tertiary/aromatic N) is 1. The van der Waals surface area contributed by atoms with Crippen molar-refractivity contribution in [2.75, 3.05) is 7.11 Å². The second-order valence-electron chi connectivity index (χ2n) is 7.30. The van der Waals surface area contributed by atoms with Gasteiger partial charge >= 0.3 is 6.03 Å². The summed E-state index contributed by atoms with van der Waals surface area (Å²) in [5, 5.41) is 2.55. The van der Waals surface area contributed by atoms with E-state index in [9.17, 15) is 14.0 Å². The van der Waals surface area contributed by atoms with Crippen LogP contribution in [0.5, 0.6) is 11.5 Å². The number of hydrogen-bond donors (Lipinski definition) is 1. The number of carbonyl (C=O) groups is 2. The van der Waals surface area contributed by atoms with E-state index in [1.54, 1.807) is 36.4 Å². The molecule has 168 valence electrons. The highest BCUT2D eigenvalue weighted by molar-refractivity contribution is 14.1. The summed E-state index contributed by atoms with van der Waals surface area (Å²) in [4.78, 5) is 26.0. The van der Waals surface area contributed by atoms with E-state index in [0.29, 0.717) is 23.7 Å². The molecule has 0 bridgehead atoms. The first-order valence-corrected chi connectivity index (χ1v) is 11.2. The summed E-state index contributed by atoms with van der Waals surface area (Å²) in [6.07, 6.45) is 1.55. The fourth-order valence-corrected chi connectivity index (χ4v) is 3.67. The van der Waals surface area contributed by atoms with Crippen LogP contribution in [0.25, 0.3) is 6.08 Å². The average molecular weight is 558 g/mol. The Balaban J connectivity index is 1.49. The molecule has 4 rings (SSSR count). The number of hydrogen-bond acceptors (Lipinski definition) is 4. The third-order valence-electron chi connectivity index (χ3n) is 5.05. The highest BCUT2D eigenvalue weighted by Crippen LogP contribution is 2.30. The number of benzene rings is 3. The van der Waals surface area contributed by atoms with Crippen LogP contribution in [0.15, 0.2) is 72.4 Å². The summed E-state index contributed by atoms with van der Waals surface area (Å²) in [6.45, 7) is 0.233. The Morgan fingerprint density at radius 2 is 1.79 bits per heavy atom. The van der Waals surface area contributed by atoms with Crippen LogP contribution in [-0.2, 0) is 17.9 Å².